The first-order valence-corrected chi connectivity index (χ1v) is 4.63. The molecule has 1 saturated heterocycles. The van der Waals surface area contributed by atoms with Gasteiger partial charge in [0.25, 0.3) is 0 Å². The molecule has 2 heterocycles. The largest absolute Gasteiger partial charge is 0.379 e. The summed E-state index contributed by atoms with van der Waals surface area (Å²) in [6, 6.07) is 0. The topological polar surface area (TPSA) is 32.8 Å². The number of ether oxygens (including phenoxy) is 1. The maximum Gasteiger partial charge on any atom is 0.152 e. The van der Waals surface area contributed by atoms with Gasteiger partial charge < -0.3 is 4.74 Å². The summed E-state index contributed by atoms with van der Waals surface area (Å²) in [5, 5.41) is 3.90. The predicted octanol–water partition coefficient (Wildman–Crippen LogP) is 0.756. The van der Waals surface area contributed by atoms with Gasteiger partial charge in [-0.2, -0.15) is 0 Å². The molecule has 0 unspecified atom stereocenters. The Morgan fingerprint density at radius 1 is 1.27 bits per heavy atom. The van der Waals surface area contributed by atoms with E-state index in [1.165, 1.54) is 0 Å². The van der Waals surface area contributed by atoms with E-state index in [2.05, 4.69) is 5.01 Å². The van der Waals surface area contributed by atoms with Gasteiger partial charge in [-0.05, 0) is 12.2 Å². The highest BCUT2D eigenvalue weighted by molar-refractivity contribution is 5.85. The van der Waals surface area contributed by atoms with E-state index >= 15 is 0 Å². The first-order chi connectivity index (χ1) is 6.92. The van der Waals surface area contributed by atoms with Gasteiger partial charge in [-0.1, -0.05) is 6.08 Å². The molecular formula is C10H13ClN2O2. The first kappa shape index (κ1) is 12.0. The minimum absolute atomic E-state index is 0. The summed E-state index contributed by atoms with van der Waals surface area (Å²) in [5.41, 5.74) is 0.550. The van der Waals surface area contributed by atoms with Crippen molar-refractivity contribution in [1.29, 1.82) is 0 Å². The number of hydrogen-bond donors (Lipinski definition) is 0. The van der Waals surface area contributed by atoms with Crippen LogP contribution < -0.4 is 0 Å². The van der Waals surface area contributed by atoms with Gasteiger partial charge in [0, 0.05) is 19.3 Å². The lowest BCUT2D eigenvalue weighted by atomic mass is 10.3. The first-order valence-electron chi connectivity index (χ1n) is 4.63. The van der Waals surface area contributed by atoms with Crippen molar-refractivity contribution in [2.45, 2.75) is 0 Å². The summed E-state index contributed by atoms with van der Waals surface area (Å²) in [6.07, 6.45) is 7.35. The predicted molar refractivity (Wildman–Crippen MR) is 59.0 cm³/mol. The molecule has 2 aliphatic heterocycles. The van der Waals surface area contributed by atoms with Crippen LogP contribution in [-0.4, -0.2) is 42.3 Å². The molecule has 15 heavy (non-hydrogen) atoms. The lowest BCUT2D eigenvalue weighted by molar-refractivity contribution is -0.0436. The monoisotopic (exact) mass is 228 g/mol. The highest BCUT2D eigenvalue weighted by Gasteiger charge is 2.19. The molecule has 2 rings (SSSR count). The Balaban J connectivity index is 0.00000112. The van der Waals surface area contributed by atoms with Crippen molar-refractivity contribution < 1.29 is 9.53 Å². The quantitative estimate of drug-likeness (QED) is 0.621. The minimum Gasteiger partial charge on any atom is -0.379 e. The van der Waals surface area contributed by atoms with E-state index in [1.807, 2.05) is 29.3 Å². The Morgan fingerprint density at radius 3 is 2.67 bits per heavy atom. The summed E-state index contributed by atoms with van der Waals surface area (Å²) < 4.78 is 5.24. The van der Waals surface area contributed by atoms with E-state index in [0.29, 0.717) is 18.9 Å². The smallest absolute Gasteiger partial charge is 0.152 e. The number of halogens is 1. The maximum absolute atomic E-state index is 10.7. The fraction of sp³-hybridized carbons (Fsp3) is 0.400. The molecule has 0 aromatic heterocycles. The molecule has 0 aliphatic carbocycles. The zero-order chi connectivity index (χ0) is 9.80. The number of carbonyl (C=O) groups excluding carboxylic acids is 1. The lowest BCUT2D eigenvalue weighted by Crippen LogP contribution is -2.45. The zero-order valence-electron chi connectivity index (χ0n) is 8.26. The fourth-order valence-electron chi connectivity index (χ4n) is 1.53. The molecule has 0 saturated carbocycles. The average Bonchev–Trinajstić information content (AvgIpc) is 2.30. The molecule has 5 heteroatoms. The normalized spacial score (nSPS) is 21.1. The van der Waals surface area contributed by atoms with E-state index in [4.69, 9.17) is 4.74 Å². The van der Waals surface area contributed by atoms with Gasteiger partial charge in [0.15, 0.2) is 5.94 Å². The molecule has 4 nitrogen and oxygen atoms in total. The van der Waals surface area contributed by atoms with Crippen molar-refractivity contribution in [2.24, 2.45) is 0 Å². The molecule has 2 aliphatic rings. The second kappa shape index (κ2) is 5.73. The number of rotatable bonds is 1. The molecule has 0 N–H and O–H groups in total. The Kier molecular flexibility index (Phi) is 4.59. The number of hydrazine groups is 1. The molecule has 0 spiro atoms. The average molecular weight is 229 g/mol. The lowest BCUT2D eigenvalue weighted by Gasteiger charge is -2.36. The number of hydrogen-bond acceptors (Lipinski definition) is 4. The fourth-order valence-corrected chi connectivity index (χ4v) is 1.53. The van der Waals surface area contributed by atoms with Gasteiger partial charge in [-0.3, -0.25) is 5.01 Å². The standard InChI is InChI=1S/C10H12N2O2.ClH/c13-9-10-3-1-2-4-12(10)11-5-7-14-8-6-11;/h1-4H,5-8H2;1H. The van der Waals surface area contributed by atoms with E-state index in [9.17, 15) is 4.79 Å². The van der Waals surface area contributed by atoms with Gasteiger partial charge in [0.1, 0.15) is 5.70 Å². The molecule has 82 valence electrons. The molecule has 0 aromatic rings. The van der Waals surface area contributed by atoms with Gasteiger partial charge in [-0.25, -0.2) is 9.80 Å². The van der Waals surface area contributed by atoms with Gasteiger partial charge in [0.2, 0.25) is 0 Å². The van der Waals surface area contributed by atoms with Gasteiger partial charge >= 0.3 is 0 Å². The zero-order valence-corrected chi connectivity index (χ0v) is 9.07. The molecule has 1 fully saturated rings. The van der Waals surface area contributed by atoms with Crippen LogP contribution in [-0.2, 0) is 9.53 Å². The van der Waals surface area contributed by atoms with E-state index in [1.54, 1.807) is 6.08 Å². The van der Waals surface area contributed by atoms with Crippen LogP contribution in [0.5, 0.6) is 0 Å². The Morgan fingerprint density at radius 2 is 2.00 bits per heavy atom. The summed E-state index contributed by atoms with van der Waals surface area (Å²) >= 11 is 0. The molecule has 0 amide bonds. The summed E-state index contributed by atoms with van der Waals surface area (Å²) in [6.45, 7) is 3.03. The third kappa shape index (κ3) is 2.70. The van der Waals surface area contributed by atoms with Crippen LogP contribution in [0.4, 0.5) is 0 Å². The SMILES string of the molecule is Cl.O=C=C1C=CC=CN1N1CCOCC1. The van der Waals surface area contributed by atoms with E-state index < -0.39 is 0 Å². The Hall–Kier alpha value is -1.06. The highest BCUT2D eigenvalue weighted by atomic mass is 35.5. The number of allylic oxidation sites excluding steroid dienone is 3. The molecule has 0 aromatic carbocycles. The minimum atomic E-state index is 0. The Labute approximate surface area is 94.9 Å². The maximum atomic E-state index is 10.7. The van der Waals surface area contributed by atoms with Crippen LogP contribution >= 0.6 is 12.4 Å². The summed E-state index contributed by atoms with van der Waals surface area (Å²) in [4.78, 5) is 10.7. The van der Waals surface area contributed by atoms with Crippen molar-refractivity contribution in [3.05, 3.63) is 30.1 Å². The van der Waals surface area contributed by atoms with E-state index in [-0.39, 0.29) is 12.4 Å². The van der Waals surface area contributed by atoms with Gasteiger partial charge in [0.05, 0.1) is 13.2 Å². The number of morpholine rings is 1. The van der Waals surface area contributed by atoms with E-state index in [0.717, 1.165) is 13.1 Å². The molecule has 0 radical (unpaired) electrons. The molecule has 0 atom stereocenters. The van der Waals surface area contributed by atoms with Gasteiger partial charge in [-0.15, -0.1) is 12.4 Å². The van der Waals surface area contributed by atoms with Crippen LogP contribution in [0.3, 0.4) is 0 Å². The van der Waals surface area contributed by atoms with Crippen LogP contribution in [0.15, 0.2) is 30.1 Å². The van der Waals surface area contributed by atoms with Crippen molar-refractivity contribution in [1.82, 2.24) is 10.0 Å². The molecule has 0 bridgehead atoms. The molecular weight excluding hydrogens is 216 g/mol. The van der Waals surface area contributed by atoms with Crippen LogP contribution in [0.25, 0.3) is 0 Å². The second-order valence-corrected chi connectivity index (χ2v) is 3.10. The summed E-state index contributed by atoms with van der Waals surface area (Å²) in [7, 11) is 0. The van der Waals surface area contributed by atoms with Crippen molar-refractivity contribution in [3.8, 4) is 0 Å². The number of nitrogens with zero attached hydrogens (tertiary/aromatic N) is 2. The van der Waals surface area contributed by atoms with Crippen LogP contribution in [0, 0.1) is 0 Å². The third-order valence-electron chi connectivity index (χ3n) is 2.24. The van der Waals surface area contributed by atoms with Crippen LogP contribution in [0.2, 0.25) is 0 Å². The third-order valence-corrected chi connectivity index (χ3v) is 2.24. The van der Waals surface area contributed by atoms with Crippen LogP contribution in [0.1, 0.15) is 0 Å². The van der Waals surface area contributed by atoms with Crippen molar-refractivity contribution in [2.75, 3.05) is 26.3 Å². The van der Waals surface area contributed by atoms with Crippen molar-refractivity contribution >= 4 is 18.3 Å². The highest BCUT2D eigenvalue weighted by Crippen LogP contribution is 2.14. The second-order valence-electron chi connectivity index (χ2n) is 3.10. The summed E-state index contributed by atoms with van der Waals surface area (Å²) in [5.74, 6) is 1.92. The Bertz CT molecular complexity index is 315. The van der Waals surface area contributed by atoms with Crippen molar-refractivity contribution in [3.63, 3.8) is 0 Å².